The lowest BCUT2D eigenvalue weighted by Gasteiger charge is -2.09. The number of carboxylic acids is 1. The van der Waals surface area contributed by atoms with Crippen molar-refractivity contribution in [2.45, 2.75) is 0 Å². The molecule has 2 aromatic carbocycles. The summed E-state index contributed by atoms with van der Waals surface area (Å²) in [6.07, 6.45) is 0. The van der Waals surface area contributed by atoms with E-state index in [2.05, 4.69) is 0 Å². The maximum absolute atomic E-state index is 11.1. The summed E-state index contributed by atoms with van der Waals surface area (Å²) in [6.45, 7) is 0. The molecule has 0 saturated carbocycles. The Bertz CT molecular complexity index is 606. The minimum Gasteiger partial charge on any atom is -0.508 e. The summed E-state index contributed by atoms with van der Waals surface area (Å²) in [6, 6.07) is 9.43. The monoisotopic (exact) mass is 282 g/mol. The third-order valence-corrected chi connectivity index (χ3v) is 3.19. The van der Waals surface area contributed by atoms with E-state index in [1.807, 2.05) is 0 Å². The highest BCUT2D eigenvalue weighted by Gasteiger charge is 2.17. The van der Waals surface area contributed by atoms with Crippen LogP contribution in [0.2, 0.25) is 10.0 Å². The van der Waals surface area contributed by atoms with Crippen molar-refractivity contribution in [2.75, 3.05) is 0 Å². The van der Waals surface area contributed by atoms with Crippen molar-refractivity contribution in [3.8, 4) is 16.9 Å². The van der Waals surface area contributed by atoms with Gasteiger partial charge in [-0.3, -0.25) is 0 Å². The average molecular weight is 283 g/mol. The molecule has 92 valence electrons. The quantitative estimate of drug-likeness (QED) is 0.873. The Labute approximate surface area is 113 Å². The van der Waals surface area contributed by atoms with Crippen LogP contribution in [0.25, 0.3) is 11.1 Å². The number of phenolic OH excluding ortho intramolecular Hbond substituents is 1. The number of aromatic hydroxyl groups is 1. The molecular weight excluding hydrogens is 275 g/mol. The molecule has 0 fully saturated rings. The number of carbonyl (C=O) groups is 1. The summed E-state index contributed by atoms with van der Waals surface area (Å²) in [7, 11) is 0. The van der Waals surface area contributed by atoms with E-state index < -0.39 is 5.97 Å². The van der Waals surface area contributed by atoms with E-state index in [4.69, 9.17) is 28.3 Å². The van der Waals surface area contributed by atoms with Gasteiger partial charge in [0.25, 0.3) is 0 Å². The Morgan fingerprint density at radius 1 is 1.00 bits per heavy atom. The van der Waals surface area contributed by atoms with Crippen LogP contribution in [-0.2, 0) is 0 Å². The molecular formula is C13H8Cl2O3. The first-order valence-corrected chi connectivity index (χ1v) is 5.77. The fourth-order valence-electron chi connectivity index (χ4n) is 1.61. The summed E-state index contributed by atoms with van der Waals surface area (Å²) in [5.74, 6) is -1.05. The van der Waals surface area contributed by atoms with E-state index in [1.54, 1.807) is 18.2 Å². The Kier molecular flexibility index (Phi) is 3.45. The summed E-state index contributed by atoms with van der Waals surface area (Å²) < 4.78 is 0. The first-order chi connectivity index (χ1) is 8.50. The molecule has 0 atom stereocenters. The molecule has 2 aromatic rings. The van der Waals surface area contributed by atoms with Crippen molar-refractivity contribution in [3.05, 3.63) is 52.0 Å². The summed E-state index contributed by atoms with van der Waals surface area (Å²) in [5, 5.41) is 18.4. The van der Waals surface area contributed by atoms with Gasteiger partial charge in [0.15, 0.2) is 0 Å². The summed E-state index contributed by atoms with van der Waals surface area (Å²) in [5.41, 5.74) is 1.14. The second-order valence-electron chi connectivity index (χ2n) is 3.64. The van der Waals surface area contributed by atoms with Crippen LogP contribution in [0.15, 0.2) is 36.4 Å². The second kappa shape index (κ2) is 4.88. The zero-order valence-corrected chi connectivity index (χ0v) is 10.5. The molecule has 2 N–H and O–H groups in total. The van der Waals surface area contributed by atoms with Gasteiger partial charge in [0.05, 0.1) is 15.6 Å². The van der Waals surface area contributed by atoms with Crippen LogP contribution in [0.1, 0.15) is 10.4 Å². The predicted octanol–water partition coefficient (Wildman–Crippen LogP) is 4.06. The van der Waals surface area contributed by atoms with Gasteiger partial charge in [-0.15, -0.1) is 0 Å². The van der Waals surface area contributed by atoms with Crippen molar-refractivity contribution in [1.29, 1.82) is 0 Å². The van der Waals surface area contributed by atoms with E-state index in [0.29, 0.717) is 11.1 Å². The van der Waals surface area contributed by atoms with E-state index in [1.165, 1.54) is 18.2 Å². The van der Waals surface area contributed by atoms with Crippen LogP contribution < -0.4 is 0 Å². The second-order valence-corrected chi connectivity index (χ2v) is 4.42. The molecule has 0 aliphatic rings. The number of halogens is 2. The molecule has 0 heterocycles. The first kappa shape index (κ1) is 12.7. The molecule has 0 radical (unpaired) electrons. The molecule has 0 bridgehead atoms. The Hall–Kier alpha value is -1.71. The number of phenols is 1. The molecule has 0 unspecified atom stereocenters. The van der Waals surface area contributed by atoms with Gasteiger partial charge in [-0.2, -0.15) is 0 Å². The van der Waals surface area contributed by atoms with Gasteiger partial charge < -0.3 is 10.2 Å². The van der Waals surface area contributed by atoms with Gasteiger partial charge in [0.2, 0.25) is 0 Å². The largest absolute Gasteiger partial charge is 0.508 e. The van der Waals surface area contributed by atoms with E-state index in [9.17, 15) is 9.90 Å². The van der Waals surface area contributed by atoms with Crippen molar-refractivity contribution in [2.24, 2.45) is 0 Å². The SMILES string of the molecule is O=C(O)c1c(Cl)ccc(-c2ccc(O)cc2)c1Cl. The molecule has 0 aromatic heterocycles. The smallest absolute Gasteiger partial charge is 0.338 e. The number of hydrogen-bond acceptors (Lipinski definition) is 2. The number of hydrogen-bond donors (Lipinski definition) is 2. The minimum atomic E-state index is -1.18. The van der Waals surface area contributed by atoms with E-state index >= 15 is 0 Å². The molecule has 0 spiro atoms. The highest BCUT2D eigenvalue weighted by atomic mass is 35.5. The lowest BCUT2D eigenvalue weighted by molar-refractivity contribution is 0.0697. The molecule has 0 amide bonds. The fraction of sp³-hybridized carbons (Fsp3) is 0. The maximum atomic E-state index is 11.1. The van der Waals surface area contributed by atoms with E-state index in [0.717, 1.165) is 0 Å². The Balaban J connectivity index is 2.62. The van der Waals surface area contributed by atoms with Crippen LogP contribution in [0, 0.1) is 0 Å². The van der Waals surface area contributed by atoms with Gasteiger partial charge in [-0.1, -0.05) is 41.4 Å². The van der Waals surface area contributed by atoms with Crippen LogP contribution in [0.3, 0.4) is 0 Å². The third kappa shape index (κ3) is 2.28. The average Bonchev–Trinajstić information content (AvgIpc) is 2.30. The van der Waals surface area contributed by atoms with Gasteiger partial charge in [0, 0.05) is 5.56 Å². The Morgan fingerprint density at radius 3 is 2.17 bits per heavy atom. The number of benzene rings is 2. The lowest BCUT2D eigenvalue weighted by Crippen LogP contribution is -1.99. The Morgan fingerprint density at radius 2 is 1.61 bits per heavy atom. The fourth-order valence-corrected chi connectivity index (χ4v) is 2.25. The first-order valence-electron chi connectivity index (χ1n) is 5.01. The van der Waals surface area contributed by atoms with Gasteiger partial charge >= 0.3 is 5.97 Å². The van der Waals surface area contributed by atoms with Crippen LogP contribution >= 0.6 is 23.2 Å². The molecule has 2 rings (SSSR count). The normalized spacial score (nSPS) is 10.3. The zero-order chi connectivity index (χ0) is 13.3. The van der Waals surface area contributed by atoms with Gasteiger partial charge in [-0.05, 0) is 23.8 Å². The molecule has 0 aliphatic carbocycles. The lowest BCUT2D eigenvalue weighted by atomic mass is 10.0. The number of rotatable bonds is 2. The predicted molar refractivity (Wildman–Crippen MR) is 70.5 cm³/mol. The van der Waals surface area contributed by atoms with Crippen molar-refractivity contribution in [1.82, 2.24) is 0 Å². The topological polar surface area (TPSA) is 57.5 Å². The van der Waals surface area contributed by atoms with Crippen LogP contribution in [0.5, 0.6) is 5.75 Å². The van der Waals surface area contributed by atoms with Crippen LogP contribution in [-0.4, -0.2) is 16.2 Å². The van der Waals surface area contributed by atoms with Crippen molar-refractivity contribution < 1.29 is 15.0 Å². The number of carboxylic acid groups (broad SMARTS) is 1. The van der Waals surface area contributed by atoms with Crippen molar-refractivity contribution in [3.63, 3.8) is 0 Å². The van der Waals surface area contributed by atoms with Gasteiger partial charge in [-0.25, -0.2) is 4.79 Å². The molecule has 0 saturated heterocycles. The van der Waals surface area contributed by atoms with Gasteiger partial charge in [0.1, 0.15) is 5.75 Å². The van der Waals surface area contributed by atoms with Crippen molar-refractivity contribution >= 4 is 29.2 Å². The number of aromatic carboxylic acids is 1. The van der Waals surface area contributed by atoms with E-state index in [-0.39, 0.29) is 21.4 Å². The summed E-state index contributed by atoms with van der Waals surface area (Å²) in [4.78, 5) is 11.1. The third-order valence-electron chi connectivity index (χ3n) is 2.48. The highest BCUT2D eigenvalue weighted by Crippen LogP contribution is 2.35. The highest BCUT2D eigenvalue weighted by molar-refractivity contribution is 6.41. The standard InChI is InChI=1S/C13H8Cl2O3/c14-10-6-5-9(12(15)11(10)13(17)18)7-1-3-8(16)4-2-7/h1-6,16H,(H,17,18). The minimum absolute atomic E-state index is 0.0840. The molecule has 3 nitrogen and oxygen atoms in total. The molecule has 0 aliphatic heterocycles. The molecule has 5 heteroatoms. The molecule has 18 heavy (non-hydrogen) atoms. The maximum Gasteiger partial charge on any atom is 0.338 e. The zero-order valence-electron chi connectivity index (χ0n) is 9.02. The summed E-state index contributed by atoms with van der Waals surface area (Å²) >= 11 is 11.9. The van der Waals surface area contributed by atoms with Crippen LogP contribution in [0.4, 0.5) is 0 Å².